The van der Waals surface area contributed by atoms with Crippen LogP contribution < -0.4 is 9.64 Å². The molecule has 2 aromatic carbocycles. The highest BCUT2D eigenvalue weighted by molar-refractivity contribution is 7.18. The fraction of sp³-hybridized carbons (Fsp3) is 0.259. The first-order chi connectivity index (χ1) is 17.5. The average Bonchev–Trinajstić information content (AvgIpc) is 3.35. The third kappa shape index (κ3) is 5.01. The normalized spacial score (nSPS) is 13.7. The summed E-state index contributed by atoms with van der Waals surface area (Å²) in [5.74, 6) is -0.350. The summed E-state index contributed by atoms with van der Waals surface area (Å²) in [4.78, 5) is 39.0. The van der Waals surface area contributed by atoms with Crippen molar-refractivity contribution in [1.29, 1.82) is 0 Å². The molecule has 1 aliphatic rings. The summed E-state index contributed by atoms with van der Waals surface area (Å²) in [5.41, 5.74) is 2.86. The second kappa shape index (κ2) is 10.3. The molecule has 1 N–H and O–H groups in total. The summed E-state index contributed by atoms with van der Waals surface area (Å²) in [6.07, 6.45) is 0.872. The second-order valence-electron chi connectivity index (χ2n) is 8.52. The molecule has 0 aliphatic carbocycles. The molecule has 5 rings (SSSR count). The fourth-order valence-corrected chi connectivity index (χ4v) is 5.24. The van der Waals surface area contributed by atoms with Crippen molar-refractivity contribution in [3.63, 3.8) is 0 Å². The summed E-state index contributed by atoms with van der Waals surface area (Å²) in [6, 6.07) is 20.0. The zero-order chi connectivity index (χ0) is 25.1. The number of aryl methyl sites for hydroxylation is 1. The molecular formula is C27H26N4O4S. The predicted octanol–water partition coefficient (Wildman–Crippen LogP) is 4.35. The van der Waals surface area contributed by atoms with E-state index >= 15 is 0 Å². The number of hydrogen-bond donors (Lipinski definition) is 1. The predicted molar refractivity (Wildman–Crippen MR) is 140 cm³/mol. The van der Waals surface area contributed by atoms with E-state index in [1.165, 1.54) is 4.88 Å². The maximum absolute atomic E-state index is 13.2. The van der Waals surface area contributed by atoms with E-state index in [-0.39, 0.29) is 11.9 Å². The van der Waals surface area contributed by atoms with E-state index in [4.69, 9.17) is 9.84 Å². The van der Waals surface area contributed by atoms with E-state index in [1.54, 1.807) is 11.3 Å². The molecule has 8 nitrogen and oxygen atoms in total. The number of piperazine rings is 1. The van der Waals surface area contributed by atoms with Crippen LogP contribution in [-0.4, -0.2) is 64.6 Å². The Balaban J connectivity index is 1.30. The van der Waals surface area contributed by atoms with Gasteiger partial charge in [0.05, 0.1) is 5.39 Å². The SMILES string of the molecule is CCc1cc2c(N3CCN(C(=O)c4ccc(-c5ccccc5)cc4)CC3)nc(OCC(=O)O)nc2s1. The molecule has 1 saturated heterocycles. The Labute approximate surface area is 212 Å². The van der Waals surface area contributed by atoms with Crippen molar-refractivity contribution in [1.82, 2.24) is 14.9 Å². The van der Waals surface area contributed by atoms with E-state index in [0.717, 1.165) is 33.6 Å². The molecule has 0 saturated carbocycles. The van der Waals surface area contributed by atoms with Gasteiger partial charge in [-0.2, -0.15) is 9.97 Å². The summed E-state index contributed by atoms with van der Waals surface area (Å²) in [6.45, 7) is 3.91. The lowest BCUT2D eigenvalue weighted by Gasteiger charge is -2.35. The Kier molecular flexibility index (Phi) is 6.81. The molecule has 2 aromatic heterocycles. The van der Waals surface area contributed by atoms with Gasteiger partial charge in [-0.15, -0.1) is 11.3 Å². The molecule has 0 radical (unpaired) electrons. The zero-order valence-corrected chi connectivity index (χ0v) is 20.7. The molecule has 1 fully saturated rings. The van der Waals surface area contributed by atoms with E-state index < -0.39 is 12.6 Å². The molecule has 1 amide bonds. The highest BCUT2D eigenvalue weighted by Gasteiger charge is 2.25. The number of benzene rings is 2. The number of carbonyl (C=O) groups excluding carboxylic acids is 1. The minimum Gasteiger partial charge on any atom is -0.479 e. The van der Waals surface area contributed by atoms with Crippen LogP contribution in [0.4, 0.5) is 5.82 Å². The molecule has 184 valence electrons. The number of amides is 1. The van der Waals surface area contributed by atoms with E-state index in [9.17, 15) is 9.59 Å². The van der Waals surface area contributed by atoms with Gasteiger partial charge in [-0.3, -0.25) is 4.79 Å². The number of carboxylic acid groups (broad SMARTS) is 1. The Morgan fingerprint density at radius 1 is 0.972 bits per heavy atom. The van der Waals surface area contributed by atoms with Crippen LogP contribution in [0, 0.1) is 0 Å². The molecule has 4 aromatic rings. The molecule has 0 spiro atoms. The molecule has 0 unspecified atom stereocenters. The van der Waals surface area contributed by atoms with Crippen LogP contribution in [0.2, 0.25) is 0 Å². The van der Waals surface area contributed by atoms with E-state index in [1.807, 2.05) is 47.4 Å². The summed E-state index contributed by atoms with van der Waals surface area (Å²) in [7, 11) is 0. The van der Waals surface area contributed by atoms with Crippen molar-refractivity contribution in [3.8, 4) is 17.1 Å². The number of carboxylic acids is 1. The van der Waals surface area contributed by atoms with Crippen LogP contribution >= 0.6 is 11.3 Å². The molecule has 0 atom stereocenters. The van der Waals surface area contributed by atoms with Gasteiger partial charge in [-0.25, -0.2) is 4.79 Å². The maximum atomic E-state index is 13.2. The number of rotatable bonds is 7. The number of hydrogen-bond acceptors (Lipinski definition) is 7. The van der Waals surface area contributed by atoms with Crippen LogP contribution in [-0.2, 0) is 11.2 Å². The van der Waals surface area contributed by atoms with Gasteiger partial charge in [0.15, 0.2) is 6.61 Å². The van der Waals surface area contributed by atoms with E-state index in [0.29, 0.717) is 31.7 Å². The number of carbonyl (C=O) groups is 2. The molecule has 3 heterocycles. The van der Waals surface area contributed by atoms with Gasteiger partial charge in [-0.05, 0) is 35.7 Å². The van der Waals surface area contributed by atoms with Gasteiger partial charge in [0, 0.05) is 36.6 Å². The lowest BCUT2D eigenvalue weighted by atomic mass is 10.0. The maximum Gasteiger partial charge on any atom is 0.341 e. The van der Waals surface area contributed by atoms with Gasteiger partial charge in [0.2, 0.25) is 0 Å². The Morgan fingerprint density at radius 2 is 1.67 bits per heavy atom. The number of thiophene rings is 1. The monoisotopic (exact) mass is 502 g/mol. The molecule has 36 heavy (non-hydrogen) atoms. The minimum atomic E-state index is -1.08. The van der Waals surface area contributed by atoms with Crippen molar-refractivity contribution in [2.24, 2.45) is 0 Å². The van der Waals surface area contributed by atoms with Crippen LogP contribution in [0.3, 0.4) is 0 Å². The quantitative estimate of drug-likeness (QED) is 0.401. The van der Waals surface area contributed by atoms with Gasteiger partial charge >= 0.3 is 12.0 Å². The topological polar surface area (TPSA) is 95.9 Å². The molecule has 9 heteroatoms. The first kappa shape index (κ1) is 23.7. The largest absolute Gasteiger partial charge is 0.479 e. The zero-order valence-electron chi connectivity index (χ0n) is 19.9. The van der Waals surface area contributed by atoms with Gasteiger partial charge in [0.1, 0.15) is 10.6 Å². The van der Waals surface area contributed by atoms with Crippen molar-refractivity contribution >= 4 is 39.2 Å². The minimum absolute atomic E-state index is 0.0105. The third-order valence-corrected chi connectivity index (χ3v) is 7.35. The van der Waals surface area contributed by atoms with E-state index in [2.05, 4.69) is 40.0 Å². The Hall–Kier alpha value is -3.98. The number of nitrogens with zero attached hydrogens (tertiary/aromatic N) is 4. The number of aliphatic carboxylic acids is 1. The molecule has 1 aliphatic heterocycles. The Morgan fingerprint density at radius 3 is 2.33 bits per heavy atom. The van der Waals surface area contributed by atoms with Crippen LogP contribution in [0.15, 0.2) is 60.7 Å². The number of ether oxygens (including phenoxy) is 1. The number of anilines is 1. The lowest BCUT2D eigenvalue weighted by molar-refractivity contribution is -0.139. The van der Waals surface area contributed by atoms with Gasteiger partial charge in [0.25, 0.3) is 5.91 Å². The highest BCUT2D eigenvalue weighted by atomic mass is 32.1. The van der Waals surface area contributed by atoms with Crippen molar-refractivity contribution in [3.05, 3.63) is 71.1 Å². The lowest BCUT2D eigenvalue weighted by Crippen LogP contribution is -2.49. The third-order valence-electron chi connectivity index (χ3n) is 6.18. The molecular weight excluding hydrogens is 476 g/mol. The number of aromatic nitrogens is 2. The van der Waals surface area contributed by atoms with Gasteiger partial charge in [-0.1, -0.05) is 49.4 Å². The van der Waals surface area contributed by atoms with Crippen molar-refractivity contribution in [2.75, 3.05) is 37.7 Å². The summed E-state index contributed by atoms with van der Waals surface area (Å²) >= 11 is 1.56. The second-order valence-corrected chi connectivity index (χ2v) is 9.64. The summed E-state index contributed by atoms with van der Waals surface area (Å²) < 4.78 is 5.30. The highest BCUT2D eigenvalue weighted by Crippen LogP contribution is 2.33. The first-order valence-electron chi connectivity index (χ1n) is 11.9. The van der Waals surface area contributed by atoms with Gasteiger partial charge < -0.3 is 19.6 Å². The van der Waals surface area contributed by atoms with Crippen LogP contribution in [0.1, 0.15) is 22.2 Å². The molecule has 0 bridgehead atoms. The summed E-state index contributed by atoms with van der Waals surface area (Å²) in [5, 5.41) is 9.90. The number of fused-ring (bicyclic) bond motifs is 1. The smallest absolute Gasteiger partial charge is 0.341 e. The van der Waals surface area contributed by atoms with Crippen LogP contribution in [0.5, 0.6) is 6.01 Å². The standard InChI is InChI=1S/C27H26N4O4S/c1-2-21-16-22-24(28-27(29-25(22)36-21)35-17-23(32)33)30-12-14-31(15-13-30)26(34)20-10-8-19(9-11-20)18-6-4-3-5-7-18/h3-11,16H,2,12-15,17H2,1H3,(H,32,33). The van der Waals surface area contributed by atoms with Crippen LogP contribution in [0.25, 0.3) is 21.3 Å². The van der Waals surface area contributed by atoms with Crippen molar-refractivity contribution in [2.45, 2.75) is 13.3 Å². The Bertz CT molecular complexity index is 1380. The first-order valence-corrected chi connectivity index (χ1v) is 12.7. The fourth-order valence-electron chi connectivity index (χ4n) is 4.28. The average molecular weight is 503 g/mol. The van der Waals surface area contributed by atoms with Crippen molar-refractivity contribution < 1.29 is 19.4 Å².